The quantitative estimate of drug-likeness (QED) is 0.0971. The first kappa shape index (κ1) is 82.5. The van der Waals surface area contributed by atoms with Crippen molar-refractivity contribution in [1.29, 1.82) is 0 Å². The van der Waals surface area contributed by atoms with Crippen LogP contribution < -0.4 is 21.3 Å². The molecular formula is C74H134N4O12. The van der Waals surface area contributed by atoms with Gasteiger partial charge in [-0.2, -0.15) is 0 Å². The maximum atomic E-state index is 12.7. The molecule has 16 heteroatoms. The lowest BCUT2D eigenvalue weighted by atomic mass is 9.75. The van der Waals surface area contributed by atoms with Crippen LogP contribution in [0.2, 0.25) is 0 Å². The highest BCUT2D eigenvalue weighted by Crippen LogP contribution is 2.41. The van der Waals surface area contributed by atoms with Gasteiger partial charge in [0.1, 0.15) is 0 Å². The van der Waals surface area contributed by atoms with Gasteiger partial charge >= 0.3 is 0 Å². The molecule has 4 aliphatic heterocycles. The van der Waals surface area contributed by atoms with E-state index in [1.807, 2.05) is 173 Å². The second kappa shape index (κ2) is 32.2. The summed E-state index contributed by atoms with van der Waals surface area (Å²) in [5, 5.41) is 22.0. The zero-order chi connectivity index (χ0) is 69.9. The highest BCUT2D eigenvalue weighted by molar-refractivity contribution is 5.95. The Morgan fingerprint density at radius 2 is 0.744 bits per heavy atom. The number of fused-ring (bicyclic) bond motifs is 2. The van der Waals surface area contributed by atoms with Gasteiger partial charge in [0.25, 0.3) is 0 Å². The second-order valence-electron chi connectivity index (χ2n) is 37.0. The lowest BCUT2D eigenvalue weighted by Gasteiger charge is -2.37. The topological polar surface area (TPSA) is 233 Å². The summed E-state index contributed by atoms with van der Waals surface area (Å²) in [6.07, 6.45) is 12.9. The molecule has 90 heavy (non-hydrogen) atoms. The molecule has 1 aliphatic carbocycles. The van der Waals surface area contributed by atoms with Gasteiger partial charge in [-0.05, 0) is 136 Å². The molecule has 5 fully saturated rings. The Labute approximate surface area is 547 Å². The average molecular weight is 1270 g/mol. The first-order chi connectivity index (χ1) is 40.4. The Morgan fingerprint density at radius 1 is 0.422 bits per heavy atom. The van der Waals surface area contributed by atoms with Crippen molar-refractivity contribution in [3.05, 3.63) is 0 Å². The van der Waals surface area contributed by atoms with Crippen LogP contribution in [0.5, 0.6) is 0 Å². The predicted molar refractivity (Wildman–Crippen MR) is 361 cm³/mol. The van der Waals surface area contributed by atoms with Crippen LogP contribution in [-0.2, 0) is 52.6 Å². The van der Waals surface area contributed by atoms with Gasteiger partial charge < -0.3 is 40.6 Å². The minimum atomic E-state index is -0.580. The molecule has 16 nitrogen and oxygen atoms in total. The lowest BCUT2D eigenvalue weighted by molar-refractivity contribution is -0.136. The van der Waals surface area contributed by atoms with Crippen LogP contribution in [0, 0.1) is 66.5 Å². The molecule has 4 amide bonds. The summed E-state index contributed by atoms with van der Waals surface area (Å²) in [6.45, 7) is 56.3. The van der Waals surface area contributed by atoms with E-state index in [-0.39, 0.29) is 92.1 Å². The monoisotopic (exact) mass is 1270 g/mol. The van der Waals surface area contributed by atoms with Crippen LogP contribution in [0.1, 0.15) is 290 Å². The molecule has 0 aromatic heterocycles. The summed E-state index contributed by atoms with van der Waals surface area (Å²) in [7, 11) is 0. The summed E-state index contributed by atoms with van der Waals surface area (Å²) in [5.41, 5.74) is -3.65. The van der Waals surface area contributed by atoms with Crippen molar-refractivity contribution in [1.82, 2.24) is 21.3 Å². The number of rotatable bonds is 16. The van der Waals surface area contributed by atoms with E-state index in [0.29, 0.717) is 62.8 Å². The van der Waals surface area contributed by atoms with Crippen LogP contribution in [0.3, 0.4) is 0 Å². The number of carbonyl (C=O) groups excluding carboxylic acids is 8. The van der Waals surface area contributed by atoms with E-state index in [1.54, 1.807) is 0 Å². The standard InChI is InChI=1S/2C19H35NO3.C18H31NO3.C18H33NO3/c1-12-9-14(10-13(2)23-12)11-15(21)20-16(18(3,4)5)17(22)19(6,7)8;1-17(2,3)15(16(22)18(4,5)6)20-14(21)12-13-8-10-19(7,23)11-9-13;1-17(2,3)15(16(21)18(4,5)6)19-14(20)10-11-9-12-7-8-13(11)22-12;1-16(2,3)14(15(21)17(4,5)6)19-13(20)12-18(7)8-10-22-11-9-18/h12-14,16H,9-11H2,1-8H3,(H,20,21);13,15,23H,8-12H2,1-7H3,(H,20,21);11-13,15H,7-10H2,1-6H3,(H,19,20);14H,8-12H2,1-7H3,(H,19,20). The Morgan fingerprint density at radius 3 is 1.04 bits per heavy atom. The van der Waals surface area contributed by atoms with Gasteiger partial charge in [0.15, 0.2) is 23.1 Å². The Kier molecular flexibility index (Phi) is 29.5. The maximum absolute atomic E-state index is 12.7. The van der Waals surface area contributed by atoms with Gasteiger partial charge in [0, 0.05) is 60.6 Å². The van der Waals surface area contributed by atoms with Crippen molar-refractivity contribution in [3.63, 3.8) is 0 Å². The molecule has 1 saturated carbocycles. The molecule has 522 valence electrons. The molecule has 0 spiro atoms. The van der Waals surface area contributed by atoms with E-state index in [1.165, 1.54) is 0 Å². The van der Waals surface area contributed by atoms with Crippen molar-refractivity contribution < 1.29 is 57.7 Å². The second-order valence-corrected chi connectivity index (χ2v) is 37.0. The van der Waals surface area contributed by atoms with Crippen LogP contribution in [0.25, 0.3) is 0 Å². The summed E-state index contributed by atoms with van der Waals surface area (Å²) < 4.78 is 16.9. The molecule has 5 aliphatic rings. The van der Waals surface area contributed by atoms with Gasteiger partial charge in [0.2, 0.25) is 23.6 Å². The fourth-order valence-electron chi connectivity index (χ4n) is 12.7. The molecule has 4 heterocycles. The number of hydrogen-bond acceptors (Lipinski definition) is 12. The van der Waals surface area contributed by atoms with Crippen molar-refractivity contribution in [2.24, 2.45) is 66.5 Å². The third-order valence-corrected chi connectivity index (χ3v) is 18.6. The van der Waals surface area contributed by atoms with E-state index < -0.39 is 51.4 Å². The molecular weight excluding hydrogens is 1140 g/mol. The predicted octanol–water partition coefficient (Wildman–Crippen LogP) is 13.6. The number of Topliss-reactive ketones (excluding diaryl/α,β-unsaturated/α-hetero) is 4. The molecule has 0 aromatic rings. The number of hydrogen-bond donors (Lipinski definition) is 5. The van der Waals surface area contributed by atoms with Crippen molar-refractivity contribution in [2.75, 3.05) is 13.2 Å². The fraction of sp³-hybridized carbons (Fsp3) is 0.892. The SMILES string of the molecule is CC(C)(C)C(=O)C(NC(=O)CC1CC2CCC1O2)C(C)(C)C.CC1(CC(=O)NC(C(=O)C(C)(C)C)C(C)(C)C)CCOCC1.CC1(O)CCC(CC(=O)NC(C(=O)C(C)(C)C)C(C)(C)C)CC1.CC1CC(CC(=O)NC(C(=O)C(C)(C)C)C(C)(C)C)CC(C)O1. The number of ketones is 4. The van der Waals surface area contributed by atoms with Gasteiger partial charge in [0.05, 0.1) is 54.2 Å². The summed E-state index contributed by atoms with van der Waals surface area (Å²) in [4.78, 5) is 101. The third kappa shape index (κ3) is 28.2. The van der Waals surface area contributed by atoms with Crippen LogP contribution in [0.4, 0.5) is 0 Å². The van der Waals surface area contributed by atoms with Crippen molar-refractivity contribution in [2.45, 2.75) is 344 Å². The minimum Gasteiger partial charge on any atom is -0.390 e. The summed E-state index contributed by atoms with van der Waals surface area (Å²) in [5.74, 6) is 1.20. The summed E-state index contributed by atoms with van der Waals surface area (Å²) >= 11 is 0. The zero-order valence-corrected chi connectivity index (χ0v) is 62.3. The third-order valence-electron chi connectivity index (χ3n) is 18.6. The summed E-state index contributed by atoms with van der Waals surface area (Å²) in [6, 6.07) is -1.82. The van der Waals surface area contributed by atoms with Crippen LogP contribution in [-0.4, -0.2) is 119 Å². The molecule has 5 rings (SSSR count). The largest absolute Gasteiger partial charge is 0.390 e. The van der Waals surface area contributed by atoms with Gasteiger partial charge in [-0.1, -0.05) is 173 Å². The minimum absolute atomic E-state index is 0.0151. The number of nitrogens with one attached hydrogen (secondary N) is 4. The first-order valence-corrected chi connectivity index (χ1v) is 34.3. The van der Waals surface area contributed by atoms with E-state index in [4.69, 9.17) is 14.2 Å². The Hall–Kier alpha value is -3.60. The van der Waals surface area contributed by atoms with E-state index in [9.17, 15) is 43.5 Å². The fourth-order valence-corrected chi connectivity index (χ4v) is 12.7. The molecule has 0 aromatic carbocycles. The van der Waals surface area contributed by atoms with Crippen LogP contribution >= 0.6 is 0 Å². The normalized spacial score (nSPS) is 26.2. The molecule has 5 N–H and O–H groups in total. The molecule has 9 atom stereocenters. The molecule has 9 unspecified atom stereocenters. The molecule has 2 bridgehead atoms. The highest BCUT2D eigenvalue weighted by Gasteiger charge is 2.45. The number of aliphatic hydroxyl groups is 1. The van der Waals surface area contributed by atoms with Crippen LogP contribution in [0.15, 0.2) is 0 Å². The maximum Gasteiger partial charge on any atom is 0.221 e. The van der Waals surface area contributed by atoms with Gasteiger partial charge in [-0.25, -0.2) is 0 Å². The van der Waals surface area contributed by atoms with E-state index >= 15 is 0 Å². The zero-order valence-electron chi connectivity index (χ0n) is 62.3. The Balaban J connectivity index is 0.000000409. The molecule has 0 radical (unpaired) electrons. The van der Waals surface area contributed by atoms with Crippen molar-refractivity contribution in [3.8, 4) is 0 Å². The van der Waals surface area contributed by atoms with Crippen molar-refractivity contribution >= 4 is 46.8 Å². The van der Waals surface area contributed by atoms with Gasteiger partial charge in [-0.15, -0.1) is 0 Å². The number of ether oxygens (including phenoxy) is 3. The highest BCUT2D eigenvalue weighted by atomic mass is 16.5. The van der Waals surface area contributed by atoms with E-state index in [0.717, 1.165) is 70.6 Å². The smallest absolute Gasteiger partial charge is 0.221 e. The first-order valence-electron chi connectivity index (χ1n) is 34.3. The molecule has 4 saturated heterocycles. The lowest BCUT2D eigenvalue weighted by Crippen LogP contribution is -2.53. The Bertz CT molecular complexity index is 2360. The number of amides is 4. The average Bonchev–Trinajstić information content (AvgIpc) is 1.36. The van der Waals surface area contributed by atoms with E-state index in [2.05, 4.69) is 42.0 Å². The van der Waals surface area contributed by atoms with Gasteiger partial charge in [-0.3, -0.25) is 38.4 Å². The number of carbonyl (C=O) groups is 8.